The molecule has 0 aliphatic carbocycles. The minimum atomic E-state index is -0.0283. The van der Waals surface area contributed by atoms with Gasteiger partial charge in [-0.2, -0.15) is 9.61 Å². The van der Waals surface area contributed by atoms with Gasteiger partial charge in [-0.1, -0.05) is 11.3 Å². The van der Waals surface area contributed by atoms with Crippen molar-refractivity contribution in [1.82, 2.24) is 19.8 Å². The third kappa shape index (κ3) is 2.30. The highest BCUT2D eigenvalue weighted by molar-refractivity contribution is 14.1. The summed E-state index contributed by atoms with van der Waals surface area (Å²) >= 11 is 3.63. The molecule has 1 aliphatic heterocycles. The Balaban J connectivity index is 1.82. The molecule has 4 rings (SSSR count). The molecule has 1 unspecified atom stereocenters. The van der Waals surface area contributed by atoms with Crippen LogP contribution in [0.2, 0.25) is 0 Å². The van der Waals surface area contributed by atoms with Crippen LogP contribution in [0.3, 0.4) is 0 Å². The van der Waals surface area contributed by atoms with Gasteiger partial charge in [-0.3, -0.25) is 0 Å². The van der Waals surface area contributed by atoms with Gasteiger partial charge in [-0.25, -0.2) is 0 Å². The van der Waals surface area contributed by atoms with Gasteiger partial charge in [0.2, 0.25) is 4.96 Å². The minimum absolute atomic E-state index is 0.0283. The second kappa shape index (κ2) is 5.18. The number of aromatic hydroxyl groups is 1. The third-order valence-electron chi connectivity index (χ3n) is 3.42. The maximum atomic E-state index is 10.0. The van der Waals surface area contributed by atoms with Crippen LogP contribution in [0.1, 0.15) is 24.8 Å². The lowest BCUT2D eigenvalue weighted by Gasteiger charge is -2.04. The lowest BCUT2D eigenvalue weighted by atomic mass is 10.2. The van der Waals surface area contributed by atoms with E-state index in [1.54, 1.807) is 10.6 Å². The molecule has 1 aliphatic rings. The molecular formula is C13H11IN4O2S. The second-order valence-corrected chi connectivity index (χ2v) is 7.02. The van der Waals surface area contributed by atoms with Gasteiger partial charge < -0.3 is 9.84 Å². The molecule has 3 heterocycles. The molecule has 1 fully saturated rings. The number of fused-ring (bicyclic) bond motifs is 1. The van der Waals surface area contributed by atoms with Gasteiger partial charge in [0.1, 0.15) is 11.9 Å². The molecule has 6 nitrogen and oxygen atoms in total. The van der Waals surface area contributed by atoms with Crippen LogP contribution in [-0.2, 0) is 4.74 Å². The summed E-state index contributed by atoms with van der Waals surface area (Å²) in [6.07, 6.45) is 1.95. The van der Waals surface area contributed by atoms with Crippen molar-refractivity contribution in [3.8, 4) is 16.3 Å². The summed E-state index contributed by atoms with van der Waals surface area (Å²) in [6, 6.07) is 5.45. The molecular weight excluding hydrogens is 403 g/mol. The van der Waals surface area contributed by atoms with E-state index in [0.717, 1.165) is 39.4 Å². The quantitative estimate of drug-likeness (QED) is 0.653. The molecule has 1 aromatic carbocycles. The molecule has 21 heavy (non-hydrogen) atoms. The largest absolute Gasteiger partial charge is 0.507 e. The van der Waals surface area contributed by atoms with Gasteiger partial charge in [0.05, 0.1) is 5.56 Å². The van der Waals surface area contributed by atoms with E-state index in [1.165, 1.54) is 11.3 Å². The van der Waals surface area contributed by atoms with Crippen LogP contribution in [0, 0.1) is 3.57 Å². The molecule has 0 amide bonds. The SMILES string of the molecule is Oc1ccc(I)cc1-c1nn2c(C3CCCO3)nnc2s1. The van der Waals surface area contributed by atoms with E-state index in [-0.39, 0.29) is 11.9 Å². The van der Waals surface area contributed by atoms with Crippen molar-refractivity contribution in [1.29, 1.82) is 0 Å². The zero-order valence-corrected chi connectivity index (χ0v) is 13.8. The highest BCUT2D eigenvalue weighted by Gasteiger charge is 2.25. The summed E-state index contributed by atoms with van der Waals surface area (Å²) in [4.78, 5) is 0.716. The fraction of sp³-hybridized carbons (Fsp3) is 0.308. The Bertz CT molecular complexity index is 810. The molecule has 0 bridgehead atoms. The molecule has 3 aromatic rings. The van der Waals surface area contributed by atoms with Crippen molar-refractivity contribution in [2.24, 2.45) is 0 Å². The van der Waals surface area contributed by atoms with Crippen LogP contribution in [0.25, 0.3) is 15.5 Å². The van der Waals surface area contributed by atoms with Crippen molar-refractivity contribution in [3.05, 3.63) is 27.6 Å². The average molecular weight is 414 g/mol. The summed E-state index contributed by atoms with van der Waals surface area (Å²) < 4.78 is 8.43. The summed E-state index contributed by atoms with van der Waals surface area (Å²) in [5.74, 6) is 0.967. The van der Waals surface area contributed by atoms with Crippen molar-refractivity contribution in [2.75, 3.05) is 6.61 Å². The van der Waals surface area contributed by atoms with Crippen LogP contribution < -0.4 is 0 Å². The first-order valence-corrected chi connectivity index (χ1v) is 8.44. The number of phenols is 1. The predicted octanol–water partition coefficient (Wildman–Crippen LogP) is 3.01. The van der Waals surface area contributed by atoms with E-state index in [1.807, 2.05) is 12.1 Å². The van der Waals surface area contributed by atoms with E-state index in [0.29, 0.717) is 4.96 Å². The number of benzene rings is 1. The summed E-state index contributed by atoms with van der Waals surface area (Å²) in [6.45, 7) is 0.758. The Morgan fingerprint density at radius 1 is 1.38 bits per heavy atom. The molecule has 8 heteroatoms. The molecule has 0 spiro atoms. The van der Waals surface area contributed by atoms with Crippen molar-refractivity contribution >= 4 is 38.9 Å². The Hall–Kier alpha value is -1.26. The fourth-order valence-corrected chi connectivity index (χ4v) is 3.77. The zero-order chi connectivity index (χ0) is 14.4. The predicted molar refractivity (Wildman–Crippen MR) is 86.4 cm³/mol. The maximum absolute atomic E-state index is 10.0. The number of ether oxygens (including phenoxy) is 1. The first kappa shape index (κ1) is 13.4. The third-order valence-corrected chi connectivity index (χ3v) is 5.02. The van der Waals surface area contributed by atoms with Gasteiger partial charge in [0.15, 0.2) is 10.8 Å². The van der Waals surface area contributed by atoms with Crippen LogP contribution in [0.4, 0.5) is 0 Å². The zero-order valence-electron chi connectivity index (χ0n) is 10.9. The first-order valence-electron chi connectivity index (χ1n) is 6.55. The van der Waals surface area contributed by atoms with E-state index in [4.69, 9.17) is 4.74 Å². The number of halogens is 1. The molecule has 1 atom stereocenters. The molecule has 1 N–H and O–H groups in total. The Labute approximate surface area is 137 Å². The summed E-state index contributed by atoms with van der Waals surface area (Å²) in [7, 11) is 0. The Morgan fingerprint density at radius 2 is 2.29 bits per heavy atom. The average Bonchev–Trinajstić information content (AvgIpc) is 3.15. The molecule has 1 saturated heterocycles. The summed E-state index contributed by atoms with van der Waals surface area (Å²) in [5.41, 5.74) is 0.718. The number of rotatable bonds is 2. The van der Waals surface area contributed by atoms with Gasteiger partial charge >= 0.3 is 0 Å². The van der Waals surface area contributed by atoms with Crippen molar-refractivity contribution in [2.45, 2.75) is 18.9 Å². The molecule has 108 valence electrons. The van der Waals surface area contributed by atoms with Gasteiger partial charge in [-0.05, 0) is 53.6 Å². The number of nitrogens with zero attached hydrogens (tertiary/aromatic N) is 4. The van der Waals surface area contributed by atoms with E-state index in [9.17, 15) is 5.11 Å². The number of aromatic nitrogens is 4. The van der Waals surface area contributed by atoms with E-state index in [2.05, 4.69) is 37.9 Å². The number of phenolic OH excluding ortho intramolecular Hbond substituents is 1. The minimum Gasteiger partial charge on any atom is -0.507 e. The maximum Gasteiger partial charge on any atom is 0.235 e. The number of hydrogen-bond donors (Lipinski definition) is 1. The molecule has 0 radical (unpaired) electrons. The summed E-state index contributed by atoms with van der Waals surface area (Å²) in [5, 5.41) is 23.7. The fourth-order valence-electron chi connectivity index (χ4n) is 2.40. The van der Waals surface area contributed by atoms with Crippen molar-refractivity contribution < 1.29 is 9.84 Å². The van der Waals surface area contributed by atoms with Crippen LogP contribution in [0.5, 0.6) is 5.75 Å². The smallest absolute Gasteiger partial charge is 0.235 e. The van der Waals surface area contributed by atoms with Gasteiger partial charge in [-0.15, -0.1) is 10.2 Å². The standard InChI is InChI=1S/C13H11IN4O2S/c14-7-3-4-9(19)8(6-7)12-17-18-11(10-2-1-5-20-10)15-16-13(18)21-12/h3-4,6,10,19H,1-2,5H2. The van der Waals surface area contributed by atoms with Gasteiger partial charge in [0, 0.05) is 10.2 Å². The Morgan fingerprint density at radius 3 is 3.10 bits per heavy atom. The molecule has 2 aromatic heterocycles. The second-order valence-electron chi connectivity index (χ2n) is 4.82. The molecule has 0 saturated carbocycles. The normalized spacial score (nSPS) is 18.6. The lowest BCUT2D eigenvalue weighted by molar-refractivity contribution is 0.103. The van der Waals surface area contributed by atoms with Crippen LogP contribution in [-0.4, -0.2) is 31.5 Å². The topological polar surface area (TPSA) is 72.5 Å². The highest BCUT2D eigenvalue weighted by Crippen LogP contribution is 2.35. The van der Waals surface area contributed by atoms with Crippen LogP contribution in [0.15, 0.2) is 18.2 Å². The Kier molecular flexibility index (Phi) is 3.31. The number of hydrogen-bond acceptors (Lipinski definition) is 6. The monoisotopic (exact) mass is 414 g/mol. The first-order chi connectivity index (χ1) is 10.2. The van der Waals surface area contributed by atoms with Gasteiger partial charge in [0.25, 0.3) is 0 Å². The lowest BCUT2D eigenvalue weighted by Crippen LogP contribution is -2.03. The highest BCUT2D eigenvalue weighted by atomic mass is 127. The van der Waals surface area contributed by atoms with E-state index < -0.39 is 0 Å². The van der Waals surface area contributed by atoms with Crippen molar-refractivity contribution in [3.63, 3.8) is 0 Å². The van der Waals surface area contributed by atoms with E-state index >= 15 is 0 Å². The van der Waals surface area contributed by atoms with Crippen LogP contribution >= 0.6 is 33.9 Å².